The van der Waals surface area contributed by atoms with E-state index in [1.54, 1.807) is 6.08 Å². The quantitative estimate of drug-likeness (QED) is 0.0197. The van der Waals surface area contributed by atoms with Crippen molar-refractivity contribution in [3.05, 3.63) is 134 Å². The molecule has 0 aliphatic carbocycles. The lowest BCUT2D eigenvalue weighted by atomic mass is 10.1. The zero-order valence-electron chi connectivity index (χ0n) is 47.4. The topological polar surface area (TPSA) is 155 Å². The third-order valence-electron chi connectivity index (χ3n) is 11.6. The molecule has 3 unspecified atom stereocenters. The van der Waals surface area contributed by atoms with Gasteiger partial charge < -0.3 is 24.2 Å². The number of phosphoric acid groups is 1. The van der Waals surface area contributed by atoms with E-state index < -0.39 is 57.8 Å². The molecule has 0 rings (SSSR count). The third kappa shape index (κ3) is 54.4. The fourth-order valence-corrected chi connectivity index (χ4v) is 8.00. The number of unbranched alkanes of at least 4 members (excludes halogenated alkanes) is 14. The maximum absolute atomic E-state index is 12.9. The van der Waals surface area contributed by atoms with Crippen LogP contribution in [0, 0.1) is 0 Å². The SMILES string of the molecule is CC/C=C\C/C=C\C/C=C\C/C=C\C/C=C\CCCCCC(=O)OC(COC(=O)CCCCCCC/C=C\CCCCCCCC)COP(=O)(O)OCC(CO)OC(=O)C/C=C\C/C=C\C/C=C\C/C=C\C/C=C\CC. The van der Waals surface area contributed by atoms with Gasteiger partial charge >= 0.3 is 25.7 Å². The molecule has 0 aliphatic heterocycles. The summed E-state index contributed by atoms with van der Waals surface area (Å²) in [6.07, 6.45) is 71.5. The second-order valence-corrected chi connectivity index (χ2v) is 20.2. The highest BCUT2D eigenvalue weighted by molar-refractivity contribution is 7.47. The van der Waals surface area contributed by atoms with Crippen LogP contribution in [0.4, 0.5) is 0 Å². The highest BCUT2D eigenvalue weighted by atomic mass is 31.2. The van der Waals surface area contributed by atoms with Crippen molar-refractivity contribution in [2.75, 3.05) is 26.4 Å². The zero-order valence-corrected chi connectivity index (χ0v) is 48.3. The Labute approximate surface area is 461 Å². The second-order valence-electron chi connectivity index (χ2n) is 18.7. The predicted octanol–water partition coefficient (Wildman–Crippen LogP) is 17.4. The van der Waals surface area contributed by atoms with E-state index in [1.807, 2.05) is 18.2 Å². The summed E-state index contributed by atoms with van der Waals surface area (Å²) in [6.45, 7) is 4.24. The molecule has 0 amide bonds. The van der Waals surface area contributed by atoms with Crippen LogP contribution in [0.2, 0.25) is 0 Å². The number of hydrogen-bond donors (Lipinski definition) is 2. The van der Waals surface area contributed by atoms with Gasteiger partial charge in [-0.25, -0.2) is 4.57 Å². The number of carbonyl (C=O) groups excluding carboxylic acids is 3. The molecular formula is C64H103O11P. The molecule has 0 aliphatic rings. The van der Waals surface area contributed by atoms with Crippen molar-refractivity contribution < 1.29 is 52.2 Å². The Morgan fingerprint density at radius 1 is 0.395 bits per heavy atom. The monoisotopic (exact) mass is 1080 g/mol. The summed E-state index contributed by atoms with van der Waals surface area (Å²) in [6, 6.07) is 0. The van der Waals surface area contributed by atoms with Crippen LogP contribution in [-0.2, 0) is 42.2 Å². The fourth-order valence-electron chi connectivity index (χ4n) is 7.22. The van der Waals surface area contributed by atoms with E-state index in [-0.39, 0.29) is 25.9 Å². The first-order chi connectivity index (χ1) is 37.2. The lowest BCUT2D eigenvalue weighted by Gasteiger charge is -2.21. The van der Waals surface area contributed by atoms with Gasteiger partial charge in [0.2, 0.25) is 0 Å². The maximum Gasteiger partial charge on any atom is 0.472 e. The van der Waals surface area contributed by atoms with Gasteiger partial charge in [-0.05, 0) is 116 Å². The van der Waals surface area contributed by atoms with E-state index in [0.29, 0.717) is 19.3 Å². The van der Waals surface area contributed by atoms with E-state index >= 15 is 0 Å². The van der Waals surface area contributed by atoms with E-state index in [9.17, 15) is 28.9 Å². The summed E-state index contributed by atoms with van der Waals surface area (Å²) in [4.78, 5) is 48.5. The first-order valence-corrected chi connectivity index (χ1v) is 30.6. The van der Waals surface area contributed by atoms with Crippen LogP contribution in [-0.4, -0.2) is 66.5 Å². The highest BCUT2D eigenvalue weighted by Gasteiger charge is 2.28. The van der Waals surface area contributed by atoms with Gasteiger partial charge in [0, 0.05) is 12.8 Å². The van der Waals surface area contributed by atoms with Crippen LogP contribution in [0.1, 0.15) is 213 Å². The third-order valence-corrected chi connectivity index (χ3v) is 12.5. The number of phosphoric ester groups is 1. The standard InChI is InChI=1S/C64H103O11P/c1-4-7-10-13-16-19-22-25-28-29-30-31-34-37-40-43-46-49-52-55-64(68)75-61(57-71-62(66)53-50-47-44-41-38-35-32-26-23-20-17-14-11-8-5-2)59-73-76(69,70)72-58-60(56-65)74-63(67)54-51-48-45-42-39-36-33-27-24-21-18-15-12-9-6-3/h7,9-10,12,16,18-19,21,25-28,30-33,37,39-40,42,48,51,60-61,65H,4-6,8,11,13-15,17,20,22-24,29,34-36,38,41,43-47,49-50,52-59H2,1-3H3,(H,69,70)/b10-7-,12-9-,19-16-,21-18-,28-25-,31-30-,32-26-,33-27-,40-37-,42-39-,51-48-. The van der Waals surface area contributed by atoms with Crippen LogP contribution in [0.3, 0.4) is 0 Å². The zero-order chi connectivity index (χ0) is 55.5. The van der Waals surface area contributed by atoms with Crippen molar-refractivity contribution in [3.8, 4) is 0 Å². The molecule has 0 spiro atoms. The van der Waals surface area contributed by atoms with Crippen molar-refractivity contribution in [2.45, 2.75) is 226 Å². The molecule has 0 heterocycles. The van der Waals surface area contributed by atoms with Gasteiger partial charge in [0.25, 0.3) is 0 Å². The largest absolute Gasteiger partial charge is 0.472 e. The smallest absolute Gasteiger partial charge is 0.462 e. The lowest BCUT2D eigenvalue weighted by molar-refractivity contribution is -0.161. The average Bonchev–Trinajstić information content (AvgIpc) is 3.41. The minimum absolute atomic E-state index is 0.0648. The summed E-state index contributed by atoms with van der Waals surface area (Å²) in [5.41, 5.74) is 0. The first-order valence-electron chi connectivity index (χ1n) is 29.1. The van der Waals surface area contributed by atoms with E-state index in [4.69, 9.17) is 23.3 Å². The molecule has 2 N–H and O–H groups in total. The predicted molar refractivity (Wildman–Crippen MR) is 316 cm³/mol. The average molecular weight is 1080 g/mol. The van der Waals surface area contributed by atoms with Crippen molar-refractivity contribution in [1.82, 2.24) is 0 Å². The number of hydrogen-bond acceptors (Lipinski definition) is 10. The van der Waals surface area contributed by atoms with E-state index in [1.165, 1.54) is 38.5 Å². The molecule has 76 heavy (non-hydrogen) atoms. The Kier molecular flexibility index (Phi) is 53.5. The first kappa shape index (κ1) is 71.6. The number of ether oxygens (including phenoxy) is 3. The van der Waals surface area contributed by atoms with Gasteiger partial charge in [-0.1, -0.05) is 212 Å². The van der Waals surface area contributed by atoms with Crippen LogP contribution in [0.5, 0.6) is 0 Å². The number of aliphatic hydroxyl groups is 1. The normalized spacial score (nSPS) is 14.3. The van der Waals surface area contributed by atoms with Crippen molar-refractivity contribution in [1.29, 1.82) is 0 Å². The number of rotatable bonds is 52. The molecule has 0 aromatic heterocycles. The van der Waals surface area contributed by atoms with Crippen LogP contribution < -0.4 is 0 Å². The van der Waals surface area contributed by atoms with Gasteiger partial charge in [-0.15, -0.1) is 0 Å². The number of carbonyl (C=O) groups is 3. The highest BCUT2D eigenvalue weighted by Crippen LogP contribution is 2.43. The summed E-state index contributed by atoms with van der Waals surface area (Å²) in [7, 11) is -4.79. The number of aliphatic hydroxyl groups excluding tert-OH is 1. The van der Waals surface area contributed by atoms with Gasteiger partial charge in [-0.3, -0.25) is 23.4 Å². The van der Waals surface area contributed by atoms with Crippen LogP contribution in [0.15, 0.2) is 134 Å². The summed E-state index contributed by atoms with van der Waals surface area (Å²) in [5.74, 6) is -1.66. The molecule has 3 atom stereocenters. The molecule has 430 valence electrons. The Bertz CT molecular complexity index is 1780. The molecule has 0 saturated heterocycles. The molecule has 0 aromatic carbocycles. The van der Waals surface area contributed by atoms with E-state index in [0.717, 1.165) is 116 Å². The van der Waals surface area contributed by atoms with Crippen LogP contribution >= 0.6 is 7.82 Å². The van der Waals surface area contributed by atoms with E-state index in [2.05, 4.69) is 130 Å². The minimum atomic E-state index is -4.79. The molecule has 12 heteroatoms. The summed E-state index contributed by atoms with van der Waals surface area (Å²) >= 11 is 0. The molecule has 11 nitrogen and oxygen atoms in total. The van der Waals surface area contributed by atoms with Gasteiger partial charge in [0.05, 0.1) is 26.2 Å². The summed E-state index contributed by atoms with van der Waals surface area (Å²) < 4.78 is 39.4. The van der Waals surface area contributed by atoms with Gasteiger partial charge in [0.1, 0.15) is 12.7 Å². The number of allylic oxidation sites excluding steroid dienone is 21. The second kappa shape index (κ2) is 56.8. The van der Waals surface area contributed by atoms with Crippen molar-refractivity contribution >= 4 is 25.7 Å². The molecule has 0 aromatic rings. The van der Waals surface area contributed by atoms with Crippen LogP contribution in [0.25, 0.3) is 0 Å². The molecule has 0 radical (unpaired) electrons. The Balaban J connectivity index is 4.90. The molecule has 0 bridgehead atoms. The molecular weight excluding hydrogens is 976 g/mol. The van der Waals surface area contributed by atoms with Gasteiger partial charge in [-0.2, -0.15) is 0 Å². The van der Waals surface area contributed by atoms with Crippen molar-refractivity contribution in [2.24, 2.45) is 0 Å². The number of esters is 3. The minimum Gasteiger partial charge on any atom is -0.462 e. The molecule has 0 fully saturated rings. The van der Waals surface area contributed by atoms with Crippen molar-refractivity contribution in [3.63, 3.8) is 0 Å². The fraction of sp³-hybridized carbons (Fsp3) is 0.609. The van der Waals surface area contributed by atoms with Gasteiger partial charge in [0.15, 0.2) is 6.10 Å². The summed E-state index contributed by atoms with van der Waals surface area (Å²) in [5, 5.41) is 9.80. The maximum atomic E-state index is 12.9. The molecule has 0 saturated carbocycles. The Morgan fingerprint density at radius 3 is 1.18 bits per heavy atom. The Morgan fingerprint density at radius 2 is 0.737 bits per heavy atom. The Hall–Kier alpha value is -4.38. The lowest BCUT2D eigenvalue weighted by Crippen LogP contribution is -2.30.